The average Bonchev–Trinajstić information content (AvgIpc) is 3.32. The number of methoxy groups -OCH3 is 1. The Hall–Kier alpha value is -4.38. The van der Waals surface area contributed by atoms with E-state index in [0.29, 0.717) is 23.6 Å². The number of ether oxygens (including phenoxy) is 1. The highest BCUT2D eigenvalue weighted by atomic mass is 16.5. The number of hydrogen-bond acceptors (Lipinski definition) is 4. The van der Waals surface area contributed by atoms with Gasteiger partial charge in [-0.1, -0.05) is 66.7 Å². The van der Waals surface area contributed by atoms with E-state index in [2.05, 4.69) is 34.6 Å². The molecule has 0 saturated carbocycles. The number of carbonyl (C=O) groups is 1. The van der Waals surface area contributed by atoms with Crippen LogP contribution in [0.1, 0.15) is 23.5 Å². The summed E-state index contributed by atoms with van der Waals surface area (Å²) in [5.74, 6) is 1.14. The maximum absolute atomic E-state index is 13.0. The van der Waals surface area contributed by atoms with Crippen molar-refractivity contribution in [3.63, 3.8) is 0 Å². The molecule has 0 radical (unpaired) electrons. The molecule has 0 aliphatic carbocycles. The summed E-state index contributed by atoms with van der Waals surface area (Å²) in [6.45, 7) is 0. The third-order valence-corrected chi connectivity index (χ3v) is 5.78. The zero-order chi connectivity index (χ0) is 23.3. The van der Waals surface area contributed by atoms with Crippen molar-refractivity contribution >= 4 is 22.7 Å². The molecule has 4 aromatic carbocycles. The van der Waals surface area contributed by atoms with Crippen LogP contribution in [0.3, 0.4) is 0 Å². The second-order valence-corrected chi connectivity index (χ2v) is 8.06. The van der Waals surface area contributed by atoms with Gasteiger partial charge in [0.15, 0.2) is 5.58 Å². The summed E-state index contributed by atoms with van der Waals surface area (Å²) < 4.78 is 11.3. The van der Waals surface area contributed by atoms with Crippen molar-refractivity contribution in [3.8, 4) is 17.2 Å². The SMILES string of the molecule is COc1cccc(-c2nc3ccc(NC(=O)CC(c4ccccc4)c4ccccc4)cc3o2)c1. The number of amides is 1. The molecule has 0 fully saturated rings. The number of anilines is 1. The van der Waals surface area contributed by atoms with Crippen molar-refractivity contribution < 1.29 is 13.9 Å². The maximum atomic E-state index is 13.0. The van der Waals surface area contributed by atoms with Gasteiger partial charge in [-0.25, -0.2) is 4.98 Å². The molecule has 168 valence electrons. The lowest BCUT2D eigenvalue weighted by Crippen LogP contribution is -2.16. The van der Waals surface area contributed by atoms with Crippen molar-refractivity contribution in [2.75, 3.05) is 12.4 Å². The van der Waals surface area contributed by atoms with E-state index in [1.807, 2.05) is 78.9 Å². The van der Waals surface area contributed by atoms with Gasteiger partial charge >= 0.3 is 0 Å². The van der Waals surface area contributed by atoms with Crippen molar-refractivity contribution in [3.05, 3.63) is 114 Å². The summed E-state index contributed by atoms with van der Waals surface area (Å²) in [7, 11) is 1.63. The molecule has 0 aliphatic rings. The average molecular weight is 449 g/mol. The van der Waals surface area contributed by atoms with Crippen LogP contribution in [0.5, 0.6) is 5.75 Å². The van der Waals surface area contributed by atoms with E-state index in [9.17, 15) is 4.79 Å². The molecule has 0 unspecified atom stereocenters. The van der Waals surface area contributed by atoms with Gasteiger partial charge in [-0.05, 0) is 41.5 Å². The first-order valence-corrected chi connectivity index (χ1v) is 11.1. The van der Waals surface area contributed by atoms with Gasteiger partial charge < -0.3 is 14.5 Å². The fourth-order valence-corrected chi connectivity index (χ4v) is 4.08. The second kappa shape index (κ2) is 9.63. The molecule has 5 rings (SSSR count). The smallest absolute Gasteiger partial charge is 0.227 e. The van der Waals surface area contributed by atoms with E-state index in [1.54, 1.807) is 7.11 Å². The number of fused-ring (bicyclic) bond motifs is 1. The number of nitrogens with zero attached hydrogens (tertiary/aromatic N) is 1. The van der Waals surface area contributed by atoms with Crippen molar-refractivity contribution in [2.24, 2.45) is 0 Å². The van der Waals surface area contributed by atoms with Crippen LogP contribution >= 0.6 is 0 Å². The molecule has 1 aromatic heterocycles. The van der Waals surface area contributed by atoms with Crippen molar-refractivity contribution in [1.29, 1.82) is 0 Å². The van der Waals surface area contributed by atoms with E-state index < -0.39 is 0 Å². The topological polar surface area (TPSA) is 64.4 Å². The van der Waals surface area contributed by atoms with Crippen LogP contribution in [0.25, 0.3) is 22.6 Å². The number of benzene rings is 4. The van der Waals surface area contributed by atoms with Crippen molar-refractivity contribution in [2.45, 2.75) is 12.3 Å². The first-order chi connectivity index (χ1) is 16.7. The molecule has 0 atom stereocenters. The molecule has 5 heteroatoms. The van der Waals surface area contributed by atoms with Crippen LogP contribution in [0.4, 0.5) is 5.69 Å². The van der Waals surface area contributed by atoms with Crippen LogP contribution in [0, 0.1) is 0 Å². The van der Waals surface area contributed by atoms with E-state index in [4.69, 9.17) is 9.15 Å². The highest BCUT2D eigenvalue weighted by molar-refractivity contribution is 5.93. The van der Waals surface area contributed by atoms with Crippen molar-refractivity contribution in [1.82, 2.24) is 4.98 Å². The minimum absolute atomic E-state index is 0.0314. The van der Waals surface area contributed by atoms with Gasteiger partial charge in [0.1, 0.15) is 11.3 Å². The van der Waals surface area contributed by atoms with Crippen LogP contribution in [0.2, 0.25) is 0 Å². The summed E-state index contributed by atoms with van der Waals surface area (Å²) in [6.07, 6.45) is 0.331. The van der Waals surface area contributed by atoms with Crippen LogP contribution in [0.15, 0.2) is 108 Å². The van der Waals surface area contributed by atoms with Gasteiger partial charge in [0, 0.05) is 29.7 Å². The Labute approximate surface area is 198 Å². The normalized spacial score (nSPS) is 11.0. The van der Waals surface area contributed by atoms with Gasteiger partial charge in [-0.15, -0.1) is 0 Å². The second-order valence-electron chi connectivity index (χ2n) is 8.06. The fraction of sp³-hybridized carbons (Fsp3) is 0.103. The number of carbonyl (C=O) groups excluding carboxylic acids is 1. The Morgan fingerprint density at radius 2 is 1.59 bits per heavy atom. The predicted molar refractivity (Wildman–Crippen MR) is 134 cm³/mol. The van der Waals surface area contributed by atoms with Gasteiger partial charge in [0.05, 0.1) is 7.11 Å². The standard InChI is InChI=1S/C29H24N2O3/c1-33-24-14-8-13-22(17-24)29-31-26-16-15-23(18-27(26)34-29)30-28(32)19-25(20-9-4-2-5-10-20)21-11-6-3-7-12-21/h2-18,25H,19H2,1H3,(H,30,32). The maximum Gasteiger partial charge on any atom is 0.227 e. The van der Waals surface area contributed by atoms with Gasteiger partial charge in [0.2, 0.25) is 11.8 Å². The molecule has 0 aliphatic heterocycles. The Balaban J connectivity index is 1.36. The fourth-order valence-electron chi connectivity index (χ4n) is 4.08. The summed E-state index contributed by atoms with van der Waals surface area (Å²) in [5, 5.41) is 3.02. The third-order valence-electron chi connectivity index (χ3n) is 5.78. The zero-order valence-electron chi connectivity index (χ0n) is 18.8. The largest absolute Gasteiger partial charge is 0.497 e. The lowest BCUT2D eigenvalue weighted by molar-refractivity contribution is -0.116. The number of oxazole rings is 1. The lowest BCUT2D eigenvalue weighted by Gasteiger charge is -2.18. The molecule has 34 heavy (non-hydrogen) atoms. The predicted octanol–water partition coefficient (Wildman–Crippen LogP) is 6.66. The summed E-state index contributed by atoms with van der Waals surface area (Å²) in [4.78, 5) is 17.6. The molecule has 1 heterocycles. The first kappa shape index (κ1) is 21.5. The van der Waals surface area contributed by atoms with Gasteiger partial charge in [0.25, 0.3) is 0 Å². The van der Waals surface area contributed by atoms with Gasteiger partial charge in [-0.2, -0.15) is 0 Å². The minimum Gasteiger partial charge on any atom is -0.497 e. The number of hydrogen-bond donors (Lipinski definition) is 1. The lowest BCUT2D eigenvalue weighted by atomic mass is 9.88. The molecule has 0 spiro atoms. The van der Waals surface area contributed by atoms with Crippen LogP contribution in [-0.2, 0) is 4.79 Å². The van der Waals surface area contributed by atoms with Gasteiger partial charge in [-0.3, -0.25) is 4.79 Å². The zero-order valence-corrected chi connectivity index (χ0v) is 18.8. The Morgan fingerprint density at radius 3 is 2.26 bits per heavy atom. The number of nitrogens with one attached hydrogen (secondary N) is 1. The van der Waals surface area contributed by atoms with E-state index >= 15 is 0 Å². The van der Waals surface area contributed by atoms with Crippen LogP contribution in [-0.4, -0.2) is 18.0 Å². The molecule has 1 N–H and O–H groups in total. The highest BCUT2D eigenvalue weighted by Gasteiger charge is 2.18. The monoisotopic (exact) mass is 448 g/mol. The Kier molecular flexibility index (Phi) is 6.08. The minimum atomic E-state index is -0.0652. The van der Waals surface area contributed by atoms with E-state index in [0.717, 1.165) is 28.0 Å². The van der Waals surface area contributed by atoms with E-state index in [1.165, 1.54) is 0 Å². The molecule has 5 nitrogen and oxygen atoms in total. The molecule has 0 saturated heterocycles. The van der Waals surface area contributed by atoms with E-state index in [-0.39, 0.29) is 11.8 Å². The Bertz CT molecular complexity index is 1370. The number of aromatic nitrogens is 1. The molecule has 0 bridgehead atoms. The molecular weight excluding hydrogens is 424 g/mol. The quantitative estimate of drug-likeness (QED) is 0.302. The summed E-state index contributed by atoms with van der Waals surface area (Å²) in [5.41, 5.74) is 5.05. The molecule has 1 amide bonds. The highest BCUT2D eigenvalue weighted by Crippen LogP contribution is 2.30. The Morgan fingerprint density at radius 1 is 0.882 bits per heavy atom. The summed E-state index contributed by atoms with van der Waals surface area (Å²) in [6, 6.07) is 33.3. The summed E-state index contributed by atoms with van der Waals surface area (Å²) >= 11 is 0. The molecular formula is C29H24N2O3. The number of rotatable bonds is 7. The first-order valence-electron chi connectivity index (χ1n) is 11.1. The third kappa shape index (κ3) is 4.69. The molecule has 5 aromatic rings. The van der Waals surface area contributed by atoms with Crippen LogP contribution < -0.4 is 10.1 Å².